The molecule has 0 aliphatic rings. The highest BCUT2D eigenvalue weighted by atomic mass is 16.6. The molecular formula is C61H100O6. The van der Waals surface area contributed by atoms with Gasteiger partial charge in [0.1, 0.15) is 13.2 Å². The van der Waals surface area contributed by atoms with Crippen molar-refractivity contribution in [1.29, 1.82) is 0 Å². The number of carbonyl (C=O) groups excluding carboxylic acids is 3. The molecular weight excluding hydrogens is 829 g/mol. The van der Waals surface area contributed by atoms with Gasteiger partial charge in [-0.25, -0.2) is 0 Å². The third kappa shape index (κ3) is 52.9. The summed E-state index contributed by atoms with van der Waals surface area (Å²) < 4.78 is 16.7. The smallest absolute Gasteiger partial charge is 0.306 e. The van der Waals surface area contributed by atoms with Crippen molar-refractivity contribution >= 4 is 17.9 Å². The second-order valence-corrected chi connectivity index (χ2v) is 17.8. The molecule has 0 aromatic heterocycles. The van der Waals surface area contributed by atoms with Crippen molar-refractivity contribution in [3.05, 3.63) is 109 Å². The summed E-state index contributed by atoms with van der Waals surface area (Å²) in [6.45, 7) is 6.47. The number of hydrogen-bond acceptors (Lipinski definition) is 6. The van der Waals surface area contributed by atoms with Crippen LogP contribution in [0.5, 0.6) is 0 Å². The summed E-state index contributed by atoms with van der Waals surface area (Å²) in [6.07, 6.45) is 73.6. The zero-order valence-electron chi connectivity index (χ0n) is 43.4. The maximum absolute atomic E-state index is 12.8. The van der Waals surface area contributed by atoms with E-state index in [1.807, 2.05) is 0 Å². The van der Waals surface area contributed by atoms with Crippen molar-refractivity contribution in [2.75, 3.05) is 13.2 Å². The summed E-state index contributed by atoms with van der Waals surface area (Å²) in [6, 6.07) is 0. The van der Waals surface area contributed by atoms with Gasteiger partial charge in [0.05, 0.1) is 0 Å². The largest absolute Gasteiger partial charge is 0.462 e. The quantitative estimate of drug-likeness (QED) is 0.0262. The molecule has 0 heterocycles. The normalized spacial score (nSPS) is 12.9. The maximum Gasteiger partial charge on any atom is 0.306 e. The zero-order chi connectivity index (χ0) is 48.6. The number of rotatable bonds is 48. The van der Waals surface area contributed by atoms with Crippen LogP contribution >= 0.6 is 0 Å². The van der Waals surface area contributed by atoms with Crippen LogP contribution in [0.3, 0.4) is 0 Å². The predicted octanol–water partition coefficient (Wildman–Crippen LogP) is 18.3. The van der Waals surface area contributed by atoms with Crippen molar-refractivity contribution in [2.24, 2.45) is 0 Å². The van der Waals surface area contributed by atoms with Gasteiger partial charge in [-0.1, -0.05) is 201 Å². The Morgan fingerprint density at radius 3 is 0.955 bits per heavy atom. The minimum atomic E-state index is -0.828. The highest BCUT2D eigenvalue weighted by Crippen LogP contribution is 2.12. The van der Waals surface area contributed by atoms with Gasteiger partial charge in [-0.3, -0.25) is 14.4 Å². The van der Waals surface area contributed by atoms with Gasteiger partial charge in [0.15, 0.2) is 6.10 Å². The summed E-state index contributed by atoms with van der Waals surface area (Å²) in [5, 5.41) is 0. The minimum absolute atomic E-state index is 0.125. The van der Waals surface area contributed by atoms with Crippen LogP contribution in [0.2, 0.25) is 0 Å². The van der Waals surface area contributed by atoms with Crippen molar-refractivity contribution in [3.8, 4) is 0 Å². The van der Waals surface area contributed by atoms with E-state index < -0.39 is 6.10 Å². The van der Waals surface area contributed by atoms with E-state index in [1.54, 1.807) is 0 Å². The molecule has 0 aromatic carbocycles. The second-order valence-electron chi connectivity index (χ2n) is 17.8. The lowest BCUT2D eigenvalue weighted by molar-refractivity contribution is -0.167. The Balaban J connectivity index is 4.58. The van der Waals surface area contributed by atoms with Crippen molar-refractivity contribution in [2.45, 2.75) is 245 Å². The highest BCUT2D eigenvalue weighted by molar-refractivity contribution is 5.71. The van der Waals surface area contributed by atoms with Gasteiger partial charge in [-0.2, -0.15) is 0 Å². The van der Waals surface area contributed by atoms with Crippen LogP contribution < -0.4 is 0 Å². The molecule has 0 aromatic rings. The molecule has 0 aliphatic carbocycles. The van der Waals surface area contributed by atoms with E-state index in [0.717, 1.165) is 89.9 Å². The van der Waals surface area contributed by atoms with E-state index >= 15 is 0 Å². The Morgan fingerprint density at radius 1 is 0.299 bits per heavy atom. The number of carbonyl (C=O) groups is 3. The minimum Gasteiger partial charge on any atom is -0.462 e. The van der Waals surface area contributed by atoms with E-state index in [9.17, 15) is 14.4 Å². The molecule has 67 heavy (non-hydrogen) atoms. The van der Waals surface area contributed by atoms with E-state index in [-0.39, 0.29) is 44.0 Å². The first-order valence-electron chi connectivity index (χ1n) is 27.4. The van der Waals surface area contributed by atoms with E-state index in [2.05, 4.69) is 130 Å². The summed E-state index contributed by atoms with van der Waals surface area (Å²) >= 11 is 0. The monoisotopic (exact) mass is 929 g/mol. The van der Waals surface area contributed by atoms with E-state index in [0.29, 0.717) is 19.3 Å². The molecule has 380 valence electrons. The predicted molar refractivity (Wildman–Crippen MR) is 288 cm³/mol. The summed E-state index contributed by atoms with van der Waals surface area (Å²) in [5.74, 6) is -1.04. The Labute approximate surface area is 412 Å². The molecule has 0 rings (SSSR count). The molecule has 0 bridgehead atoms. The van der Waals surface area contributed by atoms with Gasteiger partial charge < -0.3 is 14.2 Å². The lowest BCUT2D eigenvalue weighted by Gasteiger charge is -2.18. The van der Waals surface area contributed by atoms with Crippen LogP contribution in [0.4, 0.5) is 0 Å². The van der Waals surface area contributed by atoms with Crippen LogP contribution in [-0.4, -0.2) is 37.2 Å². The summed E-state index contributed by atoms with van der Waals surface area (Å²) in [5.41, 5.74) is 0. The fraction of sp³-hybridized carbons (Fsp3) is 0.656. The average molecular weight is 929 g/mol. The molecule has 0 saturated heterocycles. The van der Waals surface area contributed by atoms with Crippen molar-refractivity contribution in [1.82, 2.24) is 0 Å². The number of allylic oxidation sites excluding steroid dienone is 18. The standard InChI is InChI=1S/C61H100O6/c1-4-7-10-13-16-19-22-25-28-30-33-36-39-42-45-48-51-54-60(63)66-57-58(56-65-59(62)53-50-47-44-41-38-35-32-27-24-21-18-15-12-9-6-3)67-61(64)55-52-49-46-43-40-37-34-31-29-26-23-20-17-14-11-8-5-2/h17-18,20-21,25-29,32-34,36-38,41-42,45,58H,4-16,19,22-24,30-31,35,39-40,43-44,46-57H2,1-3H3/b20-17-,21-18-,28-25-,29-26-,32-27-,36-33-,37-34-,41-38-,45-42-/t58-/m1/s1. The molecule has 0 N–H and O–H groups in total. The Kier molecular flexibility index (Phi) is 51.5. The highest BCUT2D eigenvalue weighted by Gasteiger charge is 2.19. The third-order valence-electron chi connectivity index (χ3n) is 11.2. The number of ether oxygens (including phenoxy) is 3. The fourth-order valence-corrected chi connectivity index (χ4v) is 7.06. The summed E-state index contributed by atoms with van der Waals surface area (Å²) in [4.78, 5) is 38.0. The molecule has 0 fully saturated rings. The van der Waals surface area contributed by atoms with E-state index in [1.165, 1.54) is 96.3 Å². The van der Waals surface area contributed by atoms with Crippen molar-refractivity contribution < 1.29 is 28.6 Å². The third-order valence-corrected chi connectivity index (χ3v) is 11.2. The molecule has 0 amide bonds. The molecule has 6 nitrogen and oxygen atoms in total. The summed E-state index contributed by atoms with van der Waals surface area (Å²) in [7, 11) is 0. The fourth-order valence-electron chi connectivity index (χ4n) is 7.06. The van der Waals surface area contributed by atoms with E-state index in [4.69, 9.17) is 14.2 Å². The number of unbranched alkanes of at least 4 members (excludes halogenated alkanes) is 19. The lowest BCUT2D eigenvalue weighted by atomic mass is 10.1. The first-order chi connectivity index (χ1) is 33.0. The van der Waals surface area contributed by atoms with Gasteiger partial charge in [0.2, 0.25) is 0 Å². The SMILES string of the molecule is CCCCC/C=C\C/C=C\C/C=C\CCCCCCC(=O)O[C@@H](COC(=O)CCC/C=C\C/C=C\C/C=C\CCCCCCCC)COC(=O)CCCC/C=C\C/C=C\C/C=C\CCCCC. The molecule has 0 aliphatic heterocycles. The number of esters is 3. The first-order valence-corrected chi connectivity index (χ1v) is 27.4. The average Bonchev–Trinajstić information content (AvgIpc) is 3.33. The van der Waals surface area contributed by atoms with Crippen LogP contribution in [0.15, 0.2) is 109 Å². The van der Waals surface area contributed by atoms with Gasteiger partial charge in [-0.15, -0.1) is 0 Å². The van der Waals surface area contributed by atoms with Crippen LogP contribution in [0, 0.1) is 0 Å². The van der Waals surface area contributed by atoms with Gasteiger partial charge >= 0.3 is 17.9 Å². The van der Waals surface area contributed by atoms with Crippen LogP contribution in [0.25, 0.3) is 0 Å². The Morgan fingerprint density at radius 2 is 0.552 bits per heavy atom. The molecule has 0 radical (unpaired) electrons. The molecule has 1 atom stereocenters. The van der Waals surface area contributed by atoms with Gasteiger partial charge in [0.25, 0.3) is 0 Å². The molecule has 6 heteroatoms. The van der Waals surface area contributed by atoms with Crippen molar-refractivity contribution in [3.63, 3.8) is 0 Å². The second kappa shape index (κ2) is 54.7. The molecule has 0 spiro atoms. The van der Waals surface area contributed by atoms with Gasteiger partial charge in [0, 0.05) is 19.3 Å². The van der Waals surface area contributed by atoms with Crippen LogP contribution in [-0.2, 0) is 28.6 Å². The zero-order valence-corrected chi connectivity index (χ0v) is 43.4. The maximum atomic E-state index is 12.8. The Bertz CT molecular complexity index is 1390. The lowest BCUT2D eigenvalue weighted by Crippen LogP contribution is -2.30. The number of hydrogen-bond donors (Lipinski definition) is 0. The topological polar surface area (TPSA) is 78.9 Å². The first kappa shape index (κ1) is 63.1. The molecule has 0 unspecified atom stereocenters. The van der Waals surface area contributed by atoms with Crippen LogP contribution in [0.1, 0.15) is 239 Å². The Hall–Kier alpha value is -3.93. The van der Waals surface area contributed by atoms with Gasteiger partial charge in [-0.05, 0) is 128 Å². The molecule has 0 saturated carbocycles.